The summed E-state index contributed by atoms with van der Waals surface area (Å²) in [6, 6.07) is 20.8. The van der Waals surface area contributed by atoms with Crippen molar-refractivity contribution in [2.45, 2.75) is 12.5 Å². The molecule has 0 saturated carbocycles. The maximum Gasteiger partial charge on any atom is 0.323 e. The number of hydrogen-bond acceptors (Lipinski definition) is 7. The van der Waals surface area contributed by atoms with Crippen LogP contribution >= 0.6 is 0 Å². The second-order valence-corrected chi connectivity index (χ2v) is 7.93. The van der Waals surface area contributed by atoms with Crippen LogP contribution in [0.4, 0.5) is 5.69 Å². The van der Waals surface area contributed by atoms with E-state index >= 15 is 0 Å². The monoisotopic (exact) mass is 458 g/mol. The van der Waals surface area contributed by atoms with Crippen LogP contribution in [0.3, 0.4) is 0 Å². The summed E-state index contributed by atoms with van der Waals surface area (Å²) in [6.45, 7) is 1.08. The summed E-state index contributed by atoms with van der Waals surface area (Å²) < 4.78 is 10.7. The number of nitrogens with one attached hydrogen (secondary N) is 1. The van der Waals surface area contributed by atoms with E-state index in [0.29, 0.717) is 47.5 Å². The van der Waals surface area contributed by atoms with Crippen molar-refractivity contribution < 1.29 is 23.9 Å². The van der Waals surface area contributed by atoms with Gasteiger partial charge in [0.25, 0.3) is 0 Å². The van der Waals surface area contributed by atoms with Gasteiger partial charge in [-0.25, -0.2) is 0 Å². The number of benzene rings is 3. The van der Waals surface area contributed by atoms with Crippen molar-refractivity contribution in [3.63, 3.8) is 0 Å². The predicted molar refractivity (Wildman–Crippen MR) is 128 cm³/mol. The van der Waals surface area contributed by atoms with Crippen LogP contribution in [-0.4, -0.2) is 49.9 Å². The van der Waals surface area contributed by atoms with Crippen molar-refractivity contribution in [2.24, 2.45) is 5.73 Å². The smallest absolute Gasteiger partial charge is 0.323 e. The van der Waals surface area contributed by atoms with Crippen molar-refractivity contribution in [3.05, 3.63) is 101 Å². The molecule has 0 heterocycles. The fourth-order valence-electron chi connectivity index (χ4n) is 3.91. The van der Waals surface area contributed by atoms with E-state index in [1.54, 1.807) is 42.5 Å². The molecule has 0 amide bonds. The molecule has 0 unspecified atom stereocenters. The number of fused-ring (bicyclic) bond motifs is 2. The fourth-order valence-corrected chi connectivity index (χ4v) is 3.91. The third kappa shape index (κ3) is 5.22. The minimum Gasteiger partial charge on any atom is -0.462 e. The van der Waals surface area contributed by atoms with Crippen LogP contribution < -0.4 is 11.1 Å². The average Bonchev–Trinajstić information content (AvgIpc) is 2.87. The Morgan fingerprint density at radius 2 is 1.47 bits per heavy atom. The first kappa shape index (κ1) is 23.4. The maximum atomic E-state index is 13.0. The molecule has 1 aliphatic rings. The van der Waals surface area contributed by atoms with Gasteiger partial charge in [0.15, 0.2) is 11.6 Å². The molecule has 3 aromatic carbocycles. The van der Waals surface area contributed by atoms with Gasteiger partial charge in [0.1, 0.15) is 12.6 Å². The lowest BCUT2D eigenvalue weighted by atomic mass is 9.83. The summed E-state index contributed by atoms with van der Waals surface area (Å²) in [4.78, 5) is 37.8. The number of esters is 1. The molecule has 174 valence electrons. The minimum atomic E-state index is -0.723. The summed E-state index contributed by atoms with van der Waals surface area (Å²) in [6.07, 6.45) is 0.414. The second kappa shape index (κ2) is 10.9. The topological polar surface area (TPSA) is 108 Å². The van der Waals surface area contributed by atoms with Crippen LogP contribution in [0, 0.1) is 0 Å². The van der Waals surface area contributed by atoms with Gasteiger partial charge in [-0.3, -0.25) is 14.4 Å². The van der Waals surface area contributed by atoms with E-state index < -0.39 is 12.0 Å². The van der Waals surface area contributed by atoms with Crippen molar-refractivity contribution in [1.29, 1.82) is 0 Å². The van der Waals surface area contributed by atoms with E-state index in [0.717, 1.165) is 5.56 Å². The highest BCUT2D eigenvalue weighted by Crippen LogP contribution is 2.31. The first-order valence-corrected chi connectivity index (χ1v) is 11.2. The largest absolute Gasteiger partial charge is 0.462 e. The Bertz CT molecular complexity index is 1190. The van der Waals surface area contributed by atoms with Crippen LogP contribution in [0.1, 0.15) is 37.4 Å². The summed E-state index contributed by atoms with van der Waals surface area (Å²) >= 11 is 0. The van der Waals surface area contributed by atoms with Gasteiger partial charge in [-0.2, -0.15) is 0 Å². The highest BCUT2D eigenvalue weighted by atomic mass is 16.6. The summed E-state index contributed by atoms with van der Waals surface area (Å²) in [5.74, 6) is -0.796. The number of nitrogens with two attached hydrogens (primary N) is 1. The molecule has 34 heavy (non-hydrogen) atoms. The molecule has 0 aliphatic heterocycles. The SMILES string of the molecule is N[C@H](Cc1ccccc1)C(=O)OCCOCCNc1cccc2c1C(=O)c1ccccc1C2=O. The molecule has 7 heteroatoms. The van der Waals surface area contributed by atoms with E-state index in [2.05, 4.69) is 5.32 Å². The van der Waals surface area contributed by atoms with E-state index in [9.17, 15) is 14.4 Å². The highest BCUT2D eigenvalue weighted by Gasteiger charge is 2.31. The summed E-state index contributed by atoms with van der Waals surface area (Å²) in [5, 5.41) is 3.17. The highest BCUT2D eigenvalue weighted by molar-refractivity contribution is 6.30. The zero-order valence-electron chi connectivity index (χ0n) is 18.7. The van der Waals surface area contributed by atoms with E-state index in [1.165, 1.54) is 0 Å². The lowest BCUT2D eigenvalue weighted by Gasteiger charge is -2.20. The van der Waals surface area contributed by atoms with Gasteiger partial charge in [-0.15, -0.1) is 0 Å². The second-order valence-electron chi connectivity index (χ2n) is 7.93. The van der Waals surface area contributed by atoms with E-state index in [1.807, 2.05) is 30.3 Å². The van der Waals surface area contributed by atoms with Crippen LogP contribution in [0.15, 0.2) is 72.8 Å². The van der Waals surface area contributed by atoms with Gasteiger partial charge < -0.3 is 20.5 Å². The Morgan fingerprint density at radius 1 is 0.794 bits per heavy atom. The molecule has 4 rings (SSSR count). The number of hydrogen-bond donors (Lipinski definition) is 2. The van der Waals surface area contributed by atoms with Crippen LogP contribution in [0.2, 0.25) is 0 Å². The Balaban J connectivity index is 1.21. The molecule has 0 spiro atoms. The summed E-state index contributed by atoms with van der Waals surface area (Å²) in [7, 11) is 0. The Hall–Kier alpha value is -3.81. The molecule has 1 aliphatic carbocycles. The first-order chi connectivity index (χ1) is 16.6. The molecule has 0 bridgehead atoms. The van der Waals surface area contributed by atoms with Gasteiger partial charge in [-0.1, -0.05) is 66.7 Å². The van der Waals surface area contributed by atoms with Crippen molar-refractivity contribution in [3.8, 4) is 0 Å². The third-order valence-corrected chi connectivity index (χ3v) is 5.59. The normalized spacial score (nSPS) is 13.1. The molecule has 1 atom stereocenters. The lowest BCUT2D eigenvalue weighted by molar-refractivity contribution is -0.146. The predicted octanol–water partition coefficient (Wildman–Crippen LogP) is 3.00. The Kier molecular flexibility index (Phi) is 7.47. The maximum absolute atomic E-state index is 13.0. The fraction of sp³-hybridized carbons (Fsp3) is 0.222. The number of anilines is 1. The molecule has 7 nitrogen and oxygen atoms in total. The zero-order valence-corrected chi connectivity index (χ0v) is 18.7. The number of carbonyl (C=O) groups excluding carboxylic acids is 3. The van der Waals surface area contributed by atoms with Gasteiger partial charge in [0, 0.05) is 28.9 Å². The van der Waals surface area contributed by atoms with Gasteiger partial charge in [0.2, 0.25) is 0 Å². The summed E-state index contributed by atoms with van der Waals surface area (Å²) in [5.41, 5.74) is 9.09. The molecule has 0 radical (unpaired) electrons. The number of ketones is 2. The standard InChI is InChI=1S/C27H26N2O5/c28-22(17-18-7-2-1-3-8-18)27(32)34-16-15-33-14-13-29-23-12-6-11-21-24(23)26(31)20-10-5-4-9-19(20)25(21)30/h1-12,22,29H,13-17,28H2/t22-/m1/s1. The average molecular weight is 459 g/mol. The molecular weight excluding hydrogens is 432 g/mol. The van der Waals surface area contributed by atoms with Crippen LogP contribution in [-0.2, 0) is 20.7 Å². The molecular formula is C27H26N2O5. The van der Waals surface area contributed by atoms with Crippen molar-refractivity contribution in [2.75, 3.05) is 31.7 Å². The number of ether oxygens (including phenoxy) is 2. The third-order valence-electron chi connectivity index (χ3n) is 5.59. The van der Waals surface area contributed by atoms with Crippen molar-refractivity contribution >= 4 is 23.2 Å². The molecule has 0 fully saturated rings. The quantitative estimate of drug-likeness (QED) is 0.278. The Labute approximate surface area is 197 Å². The molecule has 3 N–H and O–H groups in total. The Morgan fingerprint density at radius 3 is 2.24 bits per heavy atom. The van der Waals surface area contributed by atoms with Crippen molar-refractivity contribution in [1.82, 2.24) is 0 Å². The van der Waals surface area contributed by atoms with Gasteiger partial charge >= 0.3 is 5.97 Å². The molecule has 0 aromatic heterocycles. The van der Waals surface area contributed by atoms with E-state index in [4.69, 9.17) is 15.2 Å². The zero-order chi connectivity index (χ0) is 23.9. The number of carbonyl (C=O) groups is 3. The lowest BCUT2D eigenvalue weighted by Crippen LogP contribution is -2.35. The molecule has 0 saturated heterocycles. The van der Waals surface area contributed by atoms with Gasteiger partial charge in [0.05, 0.1) is 18.8 Å². The molecule has 3 aromatic rings. The minimum absolute atomic E-state index is 0.103. The van der Waals surface area contributed by atoms with Gasteiger partial charge in [-0.05, 0) is 18.1 Å². The first-order valence-electron chi connectivity index (χ1n) is 11.2. The van der Waals surface area contributed by atoms with Crippen LogP contribution in [0.25, 0.3) is 0 Å². The van der Waals surface area contributed by atoms with E-state index in [-0.39, 0.29) is 24.8 Å². The van der Waals surface area contributed by atoms with Crippen LogP contribution in [0.5, 0.6) is 0 Å². The number of rotatable bonds is 10.